The van der Waals surface area contributed by atoms with E-state index in [1.54, 1.807) is 19.2 Å². The van der Waals surface area contributed by atoms with Crippen molar-refractivity contribution in [3.05, 3.63) is 59.7 Å². The molecule has 4 heteroatoms. The van der Waals surface area contributed by atoms with Crippen LogP contribution in [0.3, 0.4) is 0 Å². The van der Waals surface area contributed by atoms with Gasteiger partial charge < -0.3 is 9.84 Å². The lowest BCUT2D eigenvalue weighted by atomic mass is 10.2. The van der Waals surface area contributed by atoms with Crippen molar-refractivity contribution in [3.63, 3.8) is 0 Å². The lowest BCUT2D eigenvalue weighted by molar-refractivity contribution is 0.278. The Balaban J connectivity index is 2.16. The minimum Gasteiger partial charge on any atom is -0.497 e. The van der Waals surface area contributed by atoms with Crippen molar-refractivity contribution in [2.24, 2.45) is 0 Å². The fourth-order valence-corrected chi connectivity index (χ4v) is 3.11. The Hall–Kier alpha value is -1.65. The highest BCUT2D eigenvalue weighted by molar-refractivity contribution is 7.84. The zero-order valence-electron chi connectivity index (χ0n) is 10.7. The molecule has 0 heterocycles. The van der Waals surface area contributed by atoms with Gasteiger partial charge in [0.25, 0.3) is 0 Å². The molecule has 1 atom stereocenters. The molecule has 0 radical (unpaired) electrons. The van der Waals surface area contributed by atoms with Crippen molar-refractivity contribution in [2.75, 3.05) is 7.11 Å². The van der Waals surface area contributed by atoms with Crippen molar-refractivity contribution in [1.29, 1.82) is 0 Å². The molecule has 0 aliphatic heterocycles. The molecule has 0 saturated heterocycles. The van der Waals surface area contributed by atoms with Gasteiger partial charge in [0.05, 0.1) is 30.3 Å². The Morgan fingerprint density at radius 1 is 1.11 bits per heavy atom. The first-order chi connectivity index (χ1) is 9.24. The van der Waals surface area contributed by atoms with Gasteiger partial charge in [-0.2, -0.15) is 0 Å². The molecule has 2 aromatic rings. The van der Waals surface area contributed by atoms with E-state index in [9.17, 15) is 9.32 Å². The van der Waals surface area contributed by atoms with Crippen molar-refractivity contribution in [2.45, 2.75) is 17.3 Å². The zero-order chi connectivity index (χ0) is 13.7. The summed E-state index contributed by atoms with van der Waals surface area (Å²) < 4.78 is 17.4. The maximum Gasteiger partial charge on any atom is 0.118 e. The highest BCUT2D eigenvalue weighted by Crippen LogP contribution is 2.18. The van der Waals surface area contributed by atoms with Crippen LogP contribution < -0.4 is 4.74 Å². The van der Waals surface area contributed by atoms with Gasteiger partial charge in [-0.3, -0.25) is 4.21 Å². The van der Waals surface area contributed by atoms with Crippen LogP contribution in [-0.2, 0) is 23.2 Å². The minimum atomic E-state index is -1.16. The fourth-order valence-electron chi connectivity index (χ4n) is 1.81. The van der Waals surface area contributed by atoms with Gasteiger partial charge in [-0.05, 0) is 29.3 Å². The van der Waals surface area contributed by atoms with E-state index >= 15 is 0 Å². The molecule has 0 fully saturated rings. The van der Waals surface area contributed by atoms with Crippen molar-refractivity contribution in [1.82, 2.24) is 0 Å². The normalized spacial score (nSPS) is 12.1. The van der Waals surface area contributed by atoms with E-state index in [-0.39, 0.29) is 6.61 Å². The van der Waals surface area contributed by atoms with E-state index < -0.39 is 10.8 Å². The lowest BCUT2D eigenvalue weighted by Crippen LogP contribution is -2.01. The molecule has 19 heavy (non-hydrogen) atoms. The number of hydrogen-bond donors (Lipinski definition) is 1. The molecule has 0 saturated carbocycles. The Labute approximate surface area is 115 Å². The maximum atomic E-state index is 12.3. The van der Waals surface area contributed by atoms with Crippen molar-refractivity contribution in [3.8, 4) is 5.75 Å². The van der Waals surface area contributed by atoms with E-state index in [2.05, 4.69) is 0 Å². The van der Waals surface area contributed by atoms with Crippen LogP contribution in [0.1, 0.15) is 11.1 Å². The van der Waals surface area contributed by atoms with Gasteiger partial charge in [0, 0.05) is 4.90 Å². The molecule has 1 unspecified atom stereocenters. The largest absolute Gasteiger partial charge is 0.497 e. The van der Waals surface area contributed by atoms with E-state index in [4.69, 9.17) is 4.74 Å². The molecule has 0 aliphatic rings. The summed E-state index contributed by atoms with van der Waals surface area (Å²) in [5, 5.41) is 9.25. The average molecular weight is 276 g/mol. The number of rotatable bonds is 5. The first-order valence-corrected chi connectivity index (χ1v) is 7.26. The third-order valence-electron chi connectivity index (χ3n) is 2.85. The highest BCUT2D eigenvalue weighted by atomic mass is 32.2. The molecule has 2 rings (SSSR count). The second-order valence-electron chi connectivity index (χ2n) is 4.10. The predicted octanol–water partition coefficient (Wildman–Crippen LogP) is 2.50. The van der Waals surface area contributed by atoms with Crippen LogP contribution in [-0.4, -0.2) is 16.4 Å². The molecule has 1 N–H and O–H groups in total. The summed E-state index contributed by atoms with van der Waals surface area (Å²) in [6.45, 7) is -0.0927. The summed E-state index contributed by atoms with van der Waals surface area (Å²) >= 11 is 0. The first-order valence-electron chi connectivity index (χ1n) is 5.94. The quantitative estimate of drug-likeness (QED) is 0.912. The summed E-state index contributed by atoms with van der Waals surface area (Å²) in [6.07, 6.45) is 0. The summed E-state index contributed by atoms with van der Waals surface area (Å²) in [4.78, 5) is 0.695. The van der Waals surface area contributed by atoms with E-state index in [1.165, 1.54) is 0 Å². The number of benzene rings is 2. The van der Waals surface area contributed by atoms with E-state index in [0.29, 0.717) is 16.2 Å². The molecular weight excluding hydrogens is 260 g/mol. The van der Waals surface area contributed by atoms with Crippen LogP contribution in [0.15, 0.2) is 53.4 Å². The van der Waals surface area contributed by atoms with Crippen LogP contribution in [0, 0.1) is 0 Å². The van der Waals surface area contributed by atoms with Gasteiger partial charge in [0.2, 0.25) is 0 Å². The third kappa shape index (κ3) is 3.43. The molecule has 0 aromatic heterocycles. The topological polar surface area (TPSA) is 46.5 Å². The van der Waals surface area contributed by atoms with Gasteiger partial charge in [-0.15, -0.1) is 0 Å². The third-order valence-corrected chi connectivity index (χ3v) is 4.33. The number of aliphatic hydroxyl groups excluding tert-OH is 1. The van der Waals surface area contributed by atoms with Crippen molar-refractivity contribution < 1.29 is 14.1 Å². The fraction of sp³-hybridized carbons (Fsp3) is 0.200. The first kappa shape index (κ1) is 13.8. The van der Waals surface area contributed by atoms with E-state index in [1.807, 2.05) is 36.4 Å². The van der Waals surface area contributed by atoms with Crippen LogP contribution in [0.25, 0.3) is 0 Å². The molecule has 100 valence electrons. The number of methoxy groups -OCH3 is 1. The van der Waals surface area contributed by atoms with Gasteiger partial charge >= 0.3 is 0 Å². The standard InChI is InChI=1S/C15H16O3S/c1-18-14-8-6-12(7-9-14)11-19(17)15-5-3-2-4-13(15)10-16/h2-9,16H,10-11H2,1H3. The SMILES string of the molecule is COc1ccc(CS(=O)c2ccccc2CO)cc1. The number of hydrogen-bond acceptors (Lipinski definition) is 3. The second kappa shape index (κ2) is 6.50. The molecule has 0 spiro atoms. The molecule has 0 bridgehead atoms. The Bertz CT molecular complexity index is 564. The molecule has 0 amide bonds. The molecule has 0 aliphatic carbocycles. The van der Waals surface area contributed by atoms with Crippen LogP contribution >= 0.6 is 0 Å². The van der Waals surface area contributed by atoms with Crippen LogP contribution in [0.5, 0.6) is 5.75 Å². The second-order valence-corrected chi connectivity index (χ2v) is 5.52. The summed E-state index contributed by atoms with van der Waals surface area (Å²) in [5.74, 6) is 1.21. The van der Waals surface area contributed by atoms with E-state index in [0.717, 1.165) is 11.3 Å². The molecule has 3 nitrogen and oxygen atoms in total. The van der Waals surface area contributed by atoms with Gasteiger partial charge in [-0.1, -0.05) is 30.3 Å². The zero-order valence-corrected chi connectivity index (χ0v) is 11.5. The van der Waals surface area contributed by atoms with Gasteiger partial charge in [0.15, 0.2) is 0 Å². The average Bonchev–Trinajstić information content (AvgIpc) is 2.48. The Morgan fingerprint density at radius 3 is 2.42 bits per heavy atom. The minimum absolute atomic E-state index is 0.0927. The van der Waals surface area contributed by atoms with Crippen LogP contribution in [0.4, 0.5) is 0 Å². The monoisotopic (exact) mass is 276 g/mol. The molecule has 2 aromatic carbocycles. The number of ether oxygens (including phenoxy) is 1. The smallest absolute Gasteiger partial charge is 0.118 e. The summed E-state index contributed by atoms with van der Waals surface area (Å²) in [6, 6.07) is 14.8. The number of aliphatic hydroxyl groups is 1. The van der Waals surface area contributed by atoms with Crippen molar-refractivity contribution >= 4 is 10.8 Å². The van der Waals surface area contributed by atoms with Gasteiger partial charge in [-0.25, -0.2) is 0 Å². The lowest BCUT2D eigenvalue weighted by Gasteiger charge is -2.07. The maximum absolute atomic E-state index is 12.3. The van der Waals surface area contributed by atoms with Crippen LogP contribution in [0.2, 0.25) is 0 Å². The molecular formula is C15H16O3S. The highest BCUT2D eigenvalue weighted by Gasteiger charge is 2.09. The summed E-state index contributed by atoms with van der Waals surface area (Å²) in [5.41, 5.74) is 1.70. The summed E-state index contributed by atoms with van der Waals surface area (Å²) in [7, 11) is 0.461. The van der Waals surface area contributed by atoms with Gasteiger partial charge in [0.1, 0.15) is 5.75 Å². The predicted molar refractivity (Wildman–Crippen MR) is 75.5 cm³/mol. The Morgan fingerprint density at radius 2 is 1.79 bits per heavy atom. The Kier molecular flexibility index (Phi) is 4.71.